The fraction of sp³-hybridized carbons (Fsp3) is 0.226. The number of aliphatic hydroxyl groups is 1. The van der Waals surface area contributed by atoms with Crippen molar-refractivity contribution in [3.8, 4) is 22.8 Å². The molecule has 2 aromatic heterocycles. The molecule has 2 N–H and O–H groups in total. The number of methoxy groups -OCH3 is 2. The van der Waals surface area contributed by atoms with Gasteiger partial charge in [0.1, 0.15) is 11.5 Å². The molecule has 0 aliphatic heterocycles. The van der Waals surface area contributed by atoms with Crippen molar-refractivity contribution >= 4 is 27.7 Å². The smallest absolute Gasteiger partial charge is 0.252 e. The van der Waals surface area contributed by atoms with Crippen LogP contribution in [-0.2, 0) is 13.0 Å². The Hall–Kier alpha value is -4.36. The number of hydrogen-bond acceptors (Lipinski definition) is 5. The summed E-state index contributed by atoms with van der Waals surface area (Å²) in [6.07, 6.45) is 2.61. The van der Waals surface area contributed by atoms with Gasteiger partial charge in [-0.2, -0.15) is 0 Å². The summed E-state index contributed by atoms with van der Waals surface area (Å²) in [7, 11) is 3.21. The van der Waals surface area contributed by atoms with Crippen molar-refractivity contribution < 1.29 is 19.4 Å². The van der Waals surface area contributed by atoms with Crippen LogP contribution in [0.1, 0.15) is 22.8 Å². The number of ether oxygens (including phenoxy) is 2. The van der Waals surface area contributed by atoms with Crippen LogP contribution in [-0.4, -0.2) is 47.4 Å². The van der Waals surface area contributed by atoms with Gasteiger partial charge in [-0.25, -0.2) is 4.98 Å². The number of rotatable bonds is 9. The van der Waals surface area contributed by atoms with Crippen molar-refractivity contribution in [1.29, 1.82) is 0 Å². The number of carbonyl (C=O) groups excluding carboxylic acids is 1. The van der Waals surface area contributed by atoms with Crippen LogP contribution in [0.4, 0.5) is 0 Å². The molecular weight excluding hydrogens is 478 g/mol. The minimum Gasteiger partial charge on any atom is -0.497 e. The second-order valence-corrected chi connectivity index (χ2v) is 9.18. The lowest BCUT2D eigenvalue weighted by Crippen LogP contribution is -2.39. The van der Waals surface area contributed by atoms with Crippen LogP contribution in [0, 0.1) is 0 Å². The predicted molar refractivity (Wildman–Crippen MR) is 150 cm³/mol. The summed E-state index contributed by atoms with van der Waals surface area (Å²) in [5.41, 5.74) is 4.84. The summed E-state index contributed by atoms with van der Waals surface area (Å²) < 4.78 is 13.0. The van der Waals surface area contributed by atoms with Gasteiger partial charge in [0.15, 0.2) is 0 Å². The summed E-state index contributed by atoms with van der Waals surface area (Å²) in [6, 6.07) is 22.6. The Labute approximate surface area is 221 Å². The van der Waals surface area contributed by atoms with Crippen molar-refractivity contribution in [3.63, 3.8) is 0 Å². The van der Waals surface area contributed by atoms with Crippen LogP contribution >= 0.6 is 0 Å². The molecule has 0 aliphatic carbocycles. The highest BCUT2D eigenvalue weighted by Gasteiger charge is 2.20. The molecule has 3 aromatic carbocycles. The molecule has 0 aliphatic rings. The number of pyridine rings is 1. The molecule has 1 amide bonds. The number of nitrogens with one attached hydrogen (secondary N) is 1. The number of nitrogens with zero attached hydrogens (tertiary/aromatic N) is 2. The number of aromatic nitrogens is 2. The Bertz CT molecular complexity index is 1610. The molecule has 2 heterocycles. The van der Waals surface area contributed by atoms with E-state index >= 15 is 0 Å². The number of carbonyl (C=O) groups is 1. The zero-order valence-corrected chi connectivity index (χ0v) is 21.8. The Morgan fingerprint density at radius 1 is 0.974 bits per heavy atom. The Balaban J connectivity index is 1.51. The highest BCUT2D eigenvalue weighted by molar-refractivity contribution is 6.07. The fourth-order valence-corrected chi connectivity index (χ4v) is 4.89. The Morgan fingerprint density at radius 2 is 1.76 bits per heavy atom. The fourth-order valence-electron chi connectivity index (χ4n) is 4.89. The number of aryl methyl sites for hydroxylation is 1. The Kier molecular flexibility index (Phi) is 7.29. The third kappa shape index (κ3) is 4.93. The molecule has 0 saturated heterocycles. The molecule has 7 heteroatoms. The van der Waals surface area contributed by atoms with Gasteiger partial charge in [-0.3, -0.25) is 4.79 Å². The van der Waals surface area contributed by atoms with E-state index < -0.39 is 6.04 Å². The van der Waals surface area contributed by atoms with E-state index in [0.717, 1.165) is 28.6 Å². The van der Waals surface area contributed by atoms with Gasteiger partial charge in [-0.05, 0) is 61.4 Å². The summed E-state index contributed by atoms with van der Waals surface area (Å²) in [6.45, 7) is 2.76. The third-order valence-corrected chi connectivity index (χ3v) is 6.86. The zero-order valence-electron chi connectivity index (χ0n) is 21.8. The van der Waals surface area contributed by atoms with Crippen molar-refractivity contribution in [3.05, 3.63) is 90.1 Å². The number of hydrogen-bond donors (Lipinski definition) is 2. The largest absolute Gasteiger partial charge is 0.497 e. The molecule has 38 heavy (non-hydrogen) atoms. The first-order chi connectivity index (χ1) is 18.5. The Morgan fingerprint density at radius 3 is 2.53 bits per heavy atom. The van der Waals surface area contributed by atoms with Gasteiger partial charge in [0, 0.05) is 34.6 Å². The SMILES string of the molecule is CCn1cc(C[C@H](CO)NC(=O)c2cc(-c3cccc(OC)c3)nc3ccc(OC)cc23)c2ccccc21. The van der Waals surface area contributed by atoms with E-state index in [0.29, 0.717) is 40.1 Å². The molecule has 194 valence electrons. The van der Waals surface area contributed by atoms with Crippen LogP contribution < -0.4 is 14.8 Å². The van der Waals surface area contributed by atoms with Crippen molar-refractivity contribution in [2.45, 2.75) is 25.9 Å². The molecule has 0 spiro atoms. The molecular formula is C31H31N3O4. The van der Waals surface area contributed by atoms with E-state index in [1.807, 2.05) is 54.6 Å². The number of benzene rings is 3. The minimum atomic E-state index is -0.465. The van der Waals surface area contributed by atoms with E-state index in [2.05, 4.69) is 35.1 Å². The standard InChI is InChI=1S/C31H31N3O4/c1-4-34-18-21(25-10-5-6-11-30(25)34)14-22(19-35)32-31(36)27-17-29(20-8-7-9-23(15-20)37-2)33-28-13-12-24(38-3)16-26(27)28/h5-13,15-18,22,35H,4,14,19H2,1-3H3,(H,32,36)/t22-/m1/s1. The van der Waals surface area contributed by atoms with Gasteiger partial charge in [-0.15, -0.1) is 0 Å². The summed E-state index contributed by atoms with van der Waals surface area (Å²) in [4.78, 5) is 18.5. The van der Waals surface area contributed by atoms with Gasteiger partial charge in [-0.1, -0.05) is 30.3 Å². The van der Waals surface area contributed by atoms with Gasteiger partial charge in [0.05, 0.1) is 43.6 Å². The summed E-state index contributed by atoms with van der Waals surface area (Å²) in [5, 5.41) is 15.1. The molecule has 5 aromatic rings. The van der Waals surface area contributed by atoms with Crippen molar-refractivity contribution in [1.82, 2.24) is 14.9 Å². The quantitative estimate of drug-likeness (QED) is 0.284. The lowest BCUT2D eigenvalue weighted by atomic mass is 10.0. The maximum atomic E-state index is 13.7. The summed E-state index contributed by atoms with van der Waals surface area (Å²) in [5.74, 6) is 1.05. The zero-order chi connectivity index (χ0) is 26.6. The van der Waals surface area contributed by atoms with E-state index in [1.165, 1.54) is 0 Å². The average Bonchev–Trinajstić information content (AvgIpc) is 3.33. The van der Waals surface area contributed by atoms with Crippen LogP contribution in [0.3, 0.4) is 0 Å². The average molecular weight is 510 g/mol. The minimum absolute atomic E-state index is 0.188. The van der Waals surface area contributed by atoms with Crippen molar-refractivity contribution in [2.75, 3.05) is 20.8 Å². The van der Waals surface area contributed by atoms with Crippen LogP contribution in [0.2, 0.25) is 0 Å². The molecule has 5 rings (SSSR count). The predicted octanol–water partition coefficient (Wildman–Crippen LogP) is 5.23. The monoisotopic (exact) mass is 509 g/mol. The third-order valence-electron chi connectivity index (χ3n) is 6.86. The highest BCUT2D eigenvalue weighted by Crippen LogP contribution is 2.30. The molecule has 0 fully saturated rings. The molecule has 0 bridgehead atoms. The molecule has 7 nitrogen and oxygen atoms in total. The maximum absolute atomic E-state index is 13.7. The number of aliphatic hydroxyl groups excluding tert-OH is 1. The number of amides is 1. The van der Waals surface area contributed by atoms with Gasteiger partial charge < -0.3 is 24.5 Å². The lowest BCUT2D eigenvalue weighted by Gasteiger charge is -2.18. The molecule has 1 atom stereocenters. The highest BCUT2D eigenvalue weighted by atomic mass is 16.5. The van der Waals surface area contributed by atoms with Gasteiger partial charge >= 0.3 is 0 Å². The van der Waals surface area contributed by atoms with E-state index in [-0.39, 0.29) is 12.5 Å². The molecule has 0 saturated carbocycles. The van der Waals surface area contributed by atoms with Crippen LogP contribution in [0.15, 0.2) is 79.0 Å². The van der Waals surface area contributed by atoms with E-state index in [9.17, 15) is 9.90 Å². The van der Waals surface area contributed by atoms with Gasteiger partial charge in [0.2, 0.25) is 0 Å². The first-order valence-electron chi connectivity index (χ1n) is 12.7. The van der Waals surface area contributed by atoms with E-state index in [4.69, 9.17) is 14.5 Å². The lowest BCUT2D eigenvalue weighted by molar-refractivity contribution is 0.0918. The number of fused-ring (bicyclic) bond motifs is 2. The maximum Gasteiger partial charge on any atom is 0.252 e. The van der Waals surface area contributed by atoms with Gasteiger partial charge in [0.25, 0.3) is 5.91 Å². The normalized spacial score (nSPS) is 12.0. The van der Waals surface area contributed by atoms with E-state index in [1.54, 1.807) is 20.3 Å². The first-order valence-corrected chi connectivity index (χ1v) is 12.7. The molecule has 0 radical (unpaired) electrons. The topological polar surface area (TPSA) is 85.6 Å². The van der Waals surface area contributed by atoms with Crippen molar-refractivity contribution in [2.24, 2.45) is 0 Å². The first kappa shape index (κ1) is 25.3. The second-order valence-electron chi connectivity index (χ2n) is 9.18. The summed E-state index contributed by atoms with van der Waals surface area (Å²) >= 11 is 0. The van der Waals surface area contributed by atoms with Crippen LogP contribution in [0.5, 0.6) is 11.5 Å². The second kappa shape index (κ2) is 10.9. The number of para-hydroxylation sites is 1. The molecule has 0 unspecified atom stereocenters. The van der Waals surface area contributed by atoms with Crippen LogP contribution in [0.25, 0.3) is 33.1 Å².